The fourth-order valence-corrected chi connectivity index (χ4v) is 2.04. The van der Waals surface area contributed by atoms with E-state index in [1.165, 1.54) is 12.4 Å². The molecule has 0 saturated heterocycles. The molecule has 0 unspecified atom stereocenters. The molecular formula is C15H12BrN3O. The van der Waals surface area contributed by atoms with Crippen LogP contribution in [0.3, 0.4) is 0 Å². The number of rotatable bonds is 3. The van der Waals surface area contributed by atoms with E-state index in [1.54, 1.807) is 18.0 Å². The molecule has 5 heteroatoms. The highest BCUT2D eigenvalue weighted by Crippen LogP contribution is 2.13. The zero-order valence-corrected chi connectivity index (χ0v) is 12.5. The van der Waals surface area contributed by atoms with Gasteiger partial charge in [0.05, 0.1) is 11.1 Å². The third-order valence-corrected chi connectivity index (χ3v) is 3.32. The molecule has 2 rings (SSSR count). The lowest BCUT2D eigenvalue weighted by Crippen LogP contribution is -2.26. The van der Waals surface area contributed by atoms with Crippen LogP contribution in [0.2, 0.25) is 0 Å². The normalized spacial score (nSPS) is 9.85. The van der Waals surface area contributed by atoms with Gasteiger partial charge in [-0.25, -0.2) is 0 Å². The van der Waals surface area contributed by atoms with E-state index in [1.807, 2.05) is 30.3 Å². The molecule has 0 bridgehead atoms. The summed E-state index contributed by atoms with van der Waals surface area (Å²) < 4.78 is 1.00. The number of pyridine rings is 1. The summed E-state index contributed by atoms with van der Waals surface area (Å²) in [5.41, 5.74) is 1.84. The van der Waals surface area contributed by atoms with Crippen molar-refractivity contribution in [1.82, 2.24) is 9.88 Å². The van der Waals surface area contributed by atoms with Crippen molar-refractivity contribution in [2.45, 2.75) is 6.54 Å². The number of hydrogen-bond acceptors (Lipinski definition) is 3. The van der Waals surface area contributed by atoms with Crippen LogP contribution in [0.25, 0.3) is 0 Å². The van der Waals surface area contributed by atoms with Crippen LogP contribution < -0.4 is 0 Å². The van der Waals surface area contributed by atoms with E-state index in [9.17, 15) is 4.79 Å². The molecule has 4 nitrogen and oxygen atoms in total. The van der Waals surface area contributed by atoms with E-state index in [0.717, 1.165) is 10.0 Å². The third-order valence-electron chi connectivity index (χ3n) is 2.79. The van der Waals surface area contributed by atoms with Crippen LogP contribution in [-0.4, -0.2) is 22.8 Å². The Hall–Kier alpha value is -2.19. The number of hydrogen-bond donors (Lipinski definition) is 0. The first-order valence-corrected chi connectivity index (χ1v) is 6.74. The molecule has 2 aromatic rings. The van der Waals surface area contributed by atoms with Gasteiger partial charge in [0.15, 0.2) is 0 Å². The van der Waals surface area contributed by atoms with Gasteiger partial charge in [-0.1, -0.05) is 28.1 Å². The van der Waals surface area contributed by atoms with Crippen LogP contribution in [0.15, 0.2) is 47.2 Å². The minimum atomic E-state index is -0.155. The van der Waals surface area contributed by atoms with Gasteiger partial charge in [-0.2, -0.15) is 5.26 Å². The van der Waals surface area contributed by atoms with Crippen molar-refractivity contribution in [1.29, 1.82) is 5.26 Å². The van der Waals surface area contributed by atoms with E-state index >= 15 is 0 Å². The number of nitriles is 1. The lowest BCUT2D eigenvalue weighted by atomic mass is 10.1. The van der Waals surface area contributed by atoms with Gasteiger partial charge in [0.25, 0.3) is 5.91 Å². The average molecular weight is 330 g/mol. The lowest BCUT2D eigenvalue weighted by molar-refractivity contribution is 0.0784. The minimum absolute atomic E-state index is 0.155. The van der Waals surface area contributed by atoms with Crippen molar-refractivity contribution in [2.75, 3.05) is 7.05 Å². The van der Waals surface area contributed by atoms with Gasteiger partial charge in [0.2, 0.25) is 0 Å². The van der Waals surface area contributed by atoms with E-state index < -0.39 is 0 Å². The molecule has 100 valence electrons. The molecule has 0 aliphatic rings. The van der Waals surface area contributed by atoms with Crippen LogP contribution in [0, 0.1) is 11.3 Å². The SMILES string of the molecule is CN(Cc1ccc(Br)cc1)C(=O)c1cncc(C#N)c1. The van der Waals surface area contributed by atoms with Gasteiger partial charge in [0, 0.05) is 30.5 Å². The zero-order valence-electron chi connectivity index (χ0n) is 10.9. The molecule has 0 radical (unpaired) electrons. The van der Waals surface area contributed by atoms with Crippen LogP contribution in [0.1, 0.15) is 21.5 Å². The van der Waals surface area contributed by atoms with Gasteiger partial charge in [-0.3, -0.25) is 9.78 Å². The molecule has 1 aromatic heterocycles. The second kappa shape index (κ2) is 6.31. The number of carbonyl (C=O) groups is 1. The van der Waals surface area contributed by atoms with Gasteiger partial charge in [-0.05, 0) is 23.8 Å². The summed E-state index contributed by atoms with van der Waals surface area (Å²) in [4.78, 5) is 17.8. The number of benzene rings is 1. The standard InChI is InChI=1S/C15H12BrN3O/c1-19(10-11-2-4-14(16)5-3-11)15(20)13-6-12(7-17)8-18-9-13/h2-6,8-9H,10H2,1H3. The van der Waals surface area contributed by atoms with Crippen molar-refractivity contribution >= 4 is 21.8 Å². The second-order valence-corrected chi connectivity index (χ2v) is 5.28. The van der Waals surface area contributed by atoms with Crippen molar-refractivity contribution in [3.8, 4) is 6.07 Å². The third kappa shape index (κ3) is 3.43. The van der Waals surface area contributed by atoms with Gasteiger partial charge in [-0.15, -0.1) is 0 Å². The molecule has 1 aromatic carbocycles. The summed E-state index contributed by atoms with van der Waals surface area (Å²) in [6, 6.07) is 11.3. The van der Waals surface area contributed by atoms with Gasteiger partial charge in [0.1, 0.15) is 6.07 Å². The monoisotopic (exact) mass is 329 g/mol. The Morgan fingerprint density at radius 2 is 2.05 bits per heavy atom. The summed E-state index contributed by atoms with van der Waals surface area (Å²) >= 11 is 3.37. The molecule has 0 N–H and O–H groups in total. The van der Waals surface area contributed by atoms with Crippen LogP contribution in [0.4, 0.5) is 0 Å². The van der Waals surface area contributed by atoms with E-state index in [-0.39, 0.29) is 5.91 Å². The van der Waals surface area contributed by atoms with Crippen LogP contribution in [0.5, 0.6) is 0 Å². The predicted octanol–water partition coefficient (Wildman–Crippen LogP) is 2.99. The topological polar surface area (TPSA) is 57.0 Å². The molecule has 1 heterocycles. The molecule has 0 aliphatic heterocycles. The maximum absolute atomic E-state index is 12.3. The minimum Gasteiger partial charge on any atom is -0.337 e. The number of amides is 1. The maximum Gasteiger partial charge on any atom is 0.255 e. The Morgan fingerprint density at radius 1 is 1.35 bits per heavy atom. The Kier molecular flexibility index (Phi) is 4.49. The highest BCUT2D eigenvalue weighted by atomic mass is 79.9. The summed E-state index contributed by atoms with van der Waals surface area (Å²) in [5.74, 6) is -0.155. The first-order valence-electron chi connectivity index (χ1n) is 5.95. The summed E-state index contributed by atoms with van der Waals surface area (Å²) in [6.07, 6.45) is 2.91. The van der Waals surface area contributed by atoms with E-state index in [2.05, 4.69) is 20.9 Å². The average Bonchev–Trinajstić information content (AvgIpc) is 2.48. The number of aromatic nitrogens is 1. The molecule has 0 atom stereocenters. The fraction of sp³-hybridized carbons (Fsp3) is 0.133. The molecule has 20 heavy (non-hydrogen) atoms. The molecule has 0 aliphatic carbocycles. The van der Waals surface area contributed by atoms with Crippen molar-refractivity contribution in [3.63, 3.8) is 0 Å². The van der Waals surface area contributed by atoms with Gasteiger partial charge < -0.3 is 4.90 Å². The van der Waals surface area contributed by atoms with E-state index in [0.29, 0.717) is 17.7 Å². The molecular weight excluding hydrogens is 318 g/mol. The fourth-order valence-electron chi connectivity index (χ4n) is 1.77. The van der Waals surface area contributed by atoms with Crippen molar-refractivity contribution in [2.24, 2.45) is 0 Å². The molecule has 1 amide bonds. The lowest BCUT2D eigenvalue weighted by Gasteiger charge is -2.17. The summed E-state index contributed by atoms with van der Waals surface area (Å²) in [7, 11) is 1.73. The Morgan fingerprint density at radius 3 is 2.70 bits per heavy atom. The highest BCUT2D eigenvalue weighted by Gasteiger charge is 2.13. The van der Waals surface area contributed by atoms with E-state index in [4.69, 9.17) is 5.26 Å². The first kappa shape index (κ1) is 14.2. The smallest absolute Gasteiger partial charge is 0.255 e. The molecule has 0 saturated carbocycles. The summed E-state index contributed by atoms with van der Waals surface area (Å²) in [5, 5.41) is 8.82. The quantitative estimate of drug-likeness (QED) is 0.869. The van der Waals surface area contributed by atoms with Crippen LogP contribution >= 0.6 is 15.9 Å². The molecule has 0 fully saturated rings. The number of nitrogens with zero attached hydrogens (tertiary/aromatic N) is 3. The largest absolute Gasteiger partial charge is 0.337 e. The highest BCUT2D eigenvalue weighted by molar-refractivity contribution is 9.10. The molecule has 0 spiro atoms. The number of carbonyl (C=O) groups excluding carboxylic acids is 1. The predicted molar refractivity (Wildman–Crippen MR) is 78.9 cm³/mol. The van der Waals surface area contributed by atoms with Crippen LogP contribution in [-0.2, 0) is 6.54 Å². The van der Waals surface area contributed by atoms with Crippen molar-refractivity contribution in [3.05, 3.63) is 63.9 Å². The Labute approximate surface area is 125 Å². The second-order valence-electron chi connectivity index (χ2n) is 4.36. The summed E-state index contributed by atoms with van der Waals surface area (Å²) in [6.45, 7) is 0.503. The van der Waals surface area contributed by atoms with Crippen molar-refractivity contribution < 1.29 is 4.79 Å². The maximum atomic E-state index is 12.3. The Balaban J connectivity index is 2.12. The Bertz CT molecular complexity index is 662. The zero-order chi connectivity index (χ0) is 14.5. The number of halogens is 1. The first-order chi connectivity index (χ1) is 9.60. The van der Waals surface area contributed by atoms with Gasteiger partial charge >= 0.3 is 0 Å².